The molecule has 1 aromatic carbocycles. The summed E-state index contributed by atoms with van der Waals surface area (Å²) in [5.74, 6) is -0.334. The number of anilines is 1. The number of nitrogens with zero attached hydrogens (tertiary/aromatic N) is 1. The Hall–Kier alpha value is -1.35. The van der Waals surface area contributed by atoms with Gasteiger partial charge in [-0.05, 0) is 24.0 Å². The fraction of sp³-hybridized carbons (Fsp3) is 0.500. The quantitative estimate of drug-likeness (QED) is 0.545. The number of carbonyl (C=O) groups is 2. The number of benzene rings is 1. The van der Waals surface area contributed by atoms with Gasteiger partial charge in [0.05, 0.1) is 12.2 Å². The van der Waals surface area contributed by atoms with Crippen molar-refractivity contribution in [2.45, 2.75) is 39.5 Å². The zero-order valence-corrected chi connectivity index (χ0v) is 12.9. The van der Waals surface area contributed by atoms with Crippen LogP contribution in [0.2, 0.25) is 0 Å². The van der Waals surface area contributed by atoms with Gasteiger partial charge in [0.1, 0.15) is 12.2 Å². The van der Waals surface area contributed by atoms with Crippen molar-refractivity contribution >= 4 is 29.5 Å². The highest BCUT2D eigenvalue weighted by Crippen LogP contribution is 2.28. The van der Waals surface area contributed by atoms with Gasteiger partial charge in [-0.15, -0.1) is 11.6 Å². The minimum atomic E-state index is -0.223. The summed E-state index contributed by atoms with van der Waals surface area (Å²) in [6.45, 7) is 4.26. The largest absolute Gasteiger partial charge is 0.304 e. The molecule has 1 aromatic rings. The molecule has 20 heavy (non-hydrogen) atoms. The lowest BCUT2D eigenvalue weighted by atomic mass is 9.99. The van der Waals surface area contributed by atoms with Crippen LogP contribution in [0.15, 0.2) is 18.2 Å². The highest BCUT2D eigenvalue weighted by atomic mass is 35.5. The lowest BCUT2D eigenvalue weighted by Gasteiger charge is -2.25. The first-order valence-corrected chi connectivity index (χ1v) is 7.63. The molecule has 1 rings (SSSR count). The molecule has 0 atom stereocenters. The summed E-state index contributed by atoms with van der Waals surface area (Å²) >= 11 is 5.68. The van der Waals surface area contributed by atoms with E-state index in [1.165, 1.54) is 4.90 Å². The molecule has 0 unspecified atom stereocenters. The van der Waals surface area contributed by atoms with Crippen molar-refractivity contribution in [2.24, 2.45) is 0 Å². The maximum Gasteiger partial charge on any atom is 0.242 e. The van der Waals surface area contributed by atoms with E-state index in [-0.39, 0.29) is 18.3 Å². The maximum atomic E-state index is 12.1. The van der Waals surface area contributed by atoms with Gasteiger partial charge >= 0.3 is 0 Å². The molecule has 0 aromatic heterocycles. The Labute approximate surface area is 125 Å². The smallest absolute Gasteiger partial charge is 0.242 e. The Morgan fingerprint density at radius 1 is 1.20 bits per heavy atom. The van der Waals surface area contributed by atoms with Crippen LogP contribution in [0, 0.1) is 0 Å². The standard InChI is InChI=1S/C16H22ClNO2/c1-3-6-13-8-5-9-14(7-4-2)16(13)18(10-11-19)15(20)12-17/h5,8-9,11H,3-4,6-7,10,12H2,1-2H3. The molecule has 0 saturated carbocycles. The van der Waals surface area contributed by atoms with Crippen molar-refractivity contribution in [3.05, 3.63) is 29.3 Å². The predicted octanol–water partition coefficient (Wildman–Crippen LogP) is 3.36. The third-order valence-electron chi connectivity index (χ3n) is 3.18. The van der Waals surface area contributed by atoms with Crippen LogP contribution < -0.4 is 4.90 Å². The number of aldehydes is 1. The van der Waals surface area contributed by atoms with Gasteiger partial charge < -0.3 is 9.69 Å². The monoisotopic (exact) mass is 295 g/mol. The molecule has 1 amide bonds. The molecule has 0 saturated heterocycles. The number of rotatable bonds is 8. The molecule has 0 radical (unpaired) electrons. The van der Waals surface area contributed by atoms with Crippen molar-refractivity contribution in [3.8, 4) is 0 Å². The molecule has 0 aliphatic carbocycles. The Kier molecular flexibility index (Phi) is 7.31. The lowest BCUT2D eigenvalue weighted by molar-refractivity contribution is -0.117. The summed E-state index contributed by atoms with van der Waals surface area (Å²) in [7, 11) is 0. The summed E-state index contributed by atoms with van der Waals surface area (Å²) in [5.41, 5.74) is 3.10. The Morgan fingerprint density at radius 2 is 1.75 bits per heavy atom. The first kappa shape index (κ1) is 16.7. The molecule has 0 bridgehead atoms. The molecule has 0 spiro atoms. The minimum absolute atomic E-state index is 0.0585. The number of hydrogen-bond donors (Lipinski definition) is 0. The van der Waals surface area contributed by atoms with Crippen LogP contribution in [0.5, 0.6) is 0 Å². The fourth-order valence-corrected chi connectivity index (χ4v) is 2.54. The Bertz CT molecular complexity index is 436. The molecule has 0 fully saturated rings. The van der Waals surface area contributed by atoms with Gasteiger partial charge in [-0.1, -0.05) is 44.9 Å². The number of alkyl halides is 1. The van der Waals surface area contributed by atoms with Crippen molar-refractivity contribution in [2.75, 3.05) is 17.3 Å². The summed E-state index contributed by atoms with van der Waals surface area (Å²) in [5, 5.41) is 0. The van der Waals surface area contributed by atoms with Gasteiger partial charge in [0.15, 0.2) is 0 Å². The van der Waals surface area contributed by atoms with E-state index < -0.39 is 0 Å². The van der Waals surface area contributed by atoms with Crippen LogP contribution in [-0.4, -0.2) is 24.6 Å². The van der Waals surface area contributed by atoms with E-state index in [1.807, 2.05) is 18.2 Å². The average Bonchev–Trinajstić information content (AvgIpc) is 2.46. The Morgan fingerprint density at radius 3 is 2.15 bits per heavy atom. The first-order chi connectivity index (χ1) is 9.69. The molecular formula is C16H22ClNO2. The highest BCUT2D eigenvalue weighted by Gasteiger charge is 2.20. The first-order valence-electron chi connectivity index (χ1n) is 7.10. The van der Waals surface area contributed by atoms with E-state index in [2.05, 4.69) is 13.8 Å². The SMILES string of the molecule is CCCc1cccc(CCC)c1N(CC=O)C(=O)CCl. The van der Waals surface area contributed by atoms with Gasteiger partial charge in [-0.25, -0.2) is 0 Å². The number of carbonyl (C=O) groups excluding carboxylic acids is 2. The van der Waals surface area contributed by atoms with Gasteiger partial charge in [-0.3, -0.25) is 4.79 Å². The fourth-order valence-electron chi connectivity index (χ4n) is 2.40. The maximum absolute atomic E-state index is 12.1. The van der Waals surface area contributed by atoms with Crippen molar-refractivity contribution in [3.63, 3.8) is 0 Å². The number of aryl methyl sites for hydroxylation is 2. The second-order valence-corrected chi connectivity index (χ2v) is 5.00. The second kappa shape index (κ2) is 8.75. The summed E-state index contributed by atoms with van der Waals surface area (Å²) in [6.07, 6.45) is 4.51. The second-order valence-electron chi connectivity index (χ2n) is 4.73. The Balaban J connectivity index is 3.33. The molecule has 0 N–H and O–H groups in total. The number of para-hydroxylation sites is 1. The van der Waals surface area contributed by atoms with E-state index in [4.69, 9.17) is 11.6 Å². The van der Waals surface area contributed by atoms with E-state index in [9.17, 15) is 9.59 Å². The summed E-state index contributed by atoms with van der Waals surface area (Å²) in [6, 6.07) is 6.07. The van der Waals surface area contributed by atoms with Crippen LogP contribution >= 0.6 is 11.6 Å². The van der Waals surface area contributed by atoms with Crippen LogP contribution in [0.25, 0.3) is 0 Å². The normalized spacial score (nSPS) is 10.3. The lowest BCUT2D eigenvalue weighted by Crippen LogP contribution is -2.35. The molecule has 0 aliphatic heterocycles. The van der Waals surface area contributed by atoms with E-state index in [0.29, 0.717) is 0 Å². The molecule has 0 heterocycles. The third kappa shape index (κ3) is 4.07. The van der Waals surface area contributed by atoms with Gasteiger partial charge in [-0.2, -0.15) is 0 Å². The van der Waals surface area contributed by atoms with E-state index in [0.717, 1.165) is 48.8 Å². The zero-order chi connectivity index (χ0) is 15.0. The minimum Gasteiger partial charge on any atom is -0.304 e. The van der Waals surface area contributed by atoms with Crippen LogP contribution in [0.3, 0.4) is 0 Å². The van der Waals surface area contributed by atoms with Crippen LogP contribution in [0.1, 0.15) is 37.8 Å². The number of halogens is 1. The van der Waals surface area contributed by atoms with E-state index >= 15 is 0 Å². The van der Waals surface area contributed by atoms with Crippen LogP contribution in [-0.2, 0) is 22.4 Å². The van der Waals surface area contributed by atoms with E-state index in [1.54, 1.807) is 0 Å². The van der Waals surface area contributed by atoms with Gasteiger partial charge in [0.25, 0.3) is 0 Å². The summed E-state index contributed by atoms with van der Waals surface area (Å²) < 4.78 is 0. The van der Waals surface area contributed by atoms with Crippen molar-refractivity contribution in [1.82, 2.24) is 0 Å². The predicted molar refractivity (Wildman–Crippen MR) is 83.6 cm³/mol. The average molecular weight is 296 g/mol. The molecule has 4 heteroatoms. The third-order valence-corrected chi connectivity index (χ3v) is 3.41. The van der Waals surface area contributed by atoms with Crippen molar-refractivity contribution < 1.29 is 9.59 Å². The van der Waals surface area contributed by atoms with Crippen LogP contribution in [0.4, 0.5) is 5.69 Å². The molecular weight excluding hydrogens is 274 g/mol. The zero-order valence-electron chi connectivity index (χ0n) is 12.2. The molecule has 3 nitrogen and oxygen atoms in total. The molecule has 110 valence electrons. The number of hydrogen-bond acceptors (Lipinski definition) is 2. The van der Waals surface area contributed by atoms with Crippen molar-refractivity contribution in [1.29, 1.82) is 0 Å². The highest BCUT2D eigenvalue weighted by molar-refractivity contribution is 6.29. The van der Waals surface area contributed by atoms with Gasteiger partial charge in [0.2, 0.25) is 5.91 Å². The number of amides is 1. The topological polar surface area (TPSA) is 37.4 Å². The molecule has 0 aliphatic rings. The summed E-state index contributed by atoms with van der Waals surface area (Å²) in [4.78, 5) is 24.5. The van der Waals surface area contributed by atoms with Gasteiger partial charge in [0, 0.05) is 0 Å².